The van der Waals surface area contributed by atoms with Gasteiger partial charge >= 0.3 is 0 Å². The van der Waals surface area contributed by atoms with E-state index >= 15 is 0 Å². The lowest BCUT2D eigenvalue weighted by Gasteiger charge is -2.20. The lowest BCUT2D eigenvalue weighted by molar-refractivity contribution is -0.122. The molecular weight excluding hydrogens is 482 g/mol. The second-order valence-corrected chi connectivity index (χ2v) is 9.81. The minimum Gasteiger partial charge on any atom is -0.393 e. The highest BCUT2D eigenvalue weighted by Gasteiger charge is 2.30. The number of nitrogens with two attached hydrogens (primary N) is 1. The van der Waals surface area contributed by atoms with Gasteiger partial charge in [0.2, 0.25) is 15.9 Å². The molecule has 0 bridgehead atoms. The van der Waals surface area contributed by atoms with Crippen molar-refractivity contribution in [3.63, 3.8) is 0 Å². The first-order valence-electron chi connectivity index (χ1n) is 11.2. The second kappa shape index (κ2) is 12.0. The van der Waals surface area contributed by atoms with Gasteiger partial charge in [0.1, 0.15) is 29.9 Å². The average molecular weight is 512 g/mol. The van der Waals surface area contributed by atoms with Crippen LogP contribution < -0.4 is 21.3 Å². The lowest BCUT2D eigenvalue weighted by Crippen LogP contribution is -2.36. The van der Waals surface area contributed by atoms with Crippen molar-refractivity contribution in [3.8, 4) is 0 Å². The molecule has 0 atom stereocenters. The number of pyridine rings is 1. The number of aryl methyl sites for hydroxylation is 1. The summed E-state index contributed by atoms with van der Waals surface area (Å²) in [6, 6.07) is 20.5. The predicted octanol–water partition coefficient (Wildman–Crippen LogP) is 2.11. The topological polar surface area (TPSA) is 145 Å². The molecule has 190 valence electrons. The van der Waals surface area contributed by atoms with Crippen LogP contribution in [0.5, 0.6) is 0 Å². The summed E-state index contributed by atoms with van der Waals surface area (Å²) in [5.41, 5.74) is 6.19. The molecule has 0 saturated heterocycles. The Morgan fingerprint density at radius 1 is 1.03 bits per heavy atom. The molecule has 11 heteroatoms. The number of anilines is 1. The van der Waals surface area contributed by atoms with E-state index in [1.165, 1.54) is 10.6 Å². The normalized spacial score (nSPS) is 11.8. The third-order valence-corrected chi connectivity index (χ3v) is 6.85. The van der Waals surface area contributed by atoms with Crippen LogP contribution in [0.2, 0.25) is 0 Å². The van der Waals surface area contributed by atoms with E-state index in [0.29, 0.717) is 16.8 Å². The molecule has 4 N–H and O–H groups in total. The van der Waals surface area contributed by atoms with Crippen molar-refractivity contribution in [2.45, 2.75) is 25.6 Å². The van der Waals surface area contributed by atoms with Crippen LogP contribution >= 0.6 is 0 Å². The number of sulfonamides is 1. The number of benzene rings is 2. The Morgan fingerprint density at radius 3 is 2.17 bits per heavy atom. The molecule has 0 saturated carbocycles. The number of nitrogens with zero attached hydrogens (tertiary/aromatic N) is 2. The summed E-state index contributed by atoms with van der Waals surface area (Å²) in [4.78, 5) is 30.4. The summed E-state index contributed by atoms with van der Waals surface area (Å²) in [6.07, 6.45) is 0. The summed E-state index contributed by atoms with van der Waals surface area (Å²) in [7, 11) is -4.09. The van der Waals surface area contributed by atoms with Crippen LogP contribution in [0.3, 0.4) is 0 Å². The van der Waals surface area contributed by atoms with Crippen LogP contribution in [0.4, 0.5) is 5.69 Å². The van der Waals surface area contributed by atoms with Gasteiger partial charge in [-0.15, -0.1) is 0 Å². The van der Waals surface area contributed by atoms with Crippen molar-refractivity contribution in [1.82, 2.24) is 9.88 Å². The monoisotopic (exact) mass is 511 g/mol. The van der Waals surface area contributed by atoms with Gasteiger partial charge in [-0.2, -0.15) is 0 Å². The number of carbonyl (C=O) groups excluding carboxylic acids is 1. The van der Waals surface area contributed by atoms with Crippen molar-refractivity contribution < 1.29 is 18.0 Å². The molecule has 1 heterocycles. The number of amides is 1. The summed E-state index contributed by atoms with van der Waals surface area (Å²) < 4.78 is 30.8. The lowest BCUT2D eigenvalue weighted by atomic mass is 10.0. The van der Waals surface area contributed by atoms with Gasteiger partial charge in [0.15, 0.2) is 0 Å². The molecule has 1 amide bonds. The van der Waals surface area contributed by atoms with E-state index in [-0.39, 0.29) is 31.2 Å². The molecule has 0 spiro atoms. The highest BCUT2D eigenvalue weighted by molar-refractivity contribution is 7.93. The minimum absolute atomic E-state index is 0.106. The fraction of sp³-hybridized carbons (Fsp3) is 0.240. The minimum atomic E-state index is -4.09. The fourth-order valence-electron chi connectivity index (χ4n) is 3.55. The summed E-state index contributed by atoms with van der Waals surface area (Å²) in [5, 5.41) is 5.13. The molecule has 3 aromatic rings. The van der Waals surface area contributed by atoms with Crippen molar-refractivity contribution in [2.24, 2.45) is 10.9 Å². The van der Waals surface area contributed by atoms with Crippen LogP contribution in [-0.4, -0.2) is 37.9 Å². The first-order valence-corrected chi connectivity index (χ1v) is 12.7. The Hall–Kier alpha value is -4.12. The zero-order valence-electron chi connectivity index (χ0n) is 20.0. The Morgan fingerprint density at radius 2 is 1.61 bits per heavy atom. The molecule has 0 aliphatic carbocycles. The smallest absolute Gasteiger partial charge is 0.275 e. The van der Waals surface area contributed by atoms with Gasteiger partial charge < -0.3 is 20.5 Å². The Bertz CT molecular complexity index is 1330. The maximum Gasteiger partial charge on any atom is 0.275 e. The third kappa shape index (κ3) is 6.95. The number of carbonyl (C=O) groups is 1. The fourth-order valence-corrected chi connectivity index (χ4v) is 5.16. The summed E-state index contributed by atoms with van der Waals surface area (Å²) in [6.45, 7) is 3.20. The molecule has 1 aromatic heterocycles. The molecule has 3 rings (SSSR count). The molecule has 0 unspecified atom stereocenters. The quantitative estimate of drug-likeness (QED) is 0.156. The largest absolute Gasteiger partial charge is 0.393 e. The number of rotatable bonds is 11. The highest BCUT2D eigenvalue weighted by Crippen LogP contribution is 2.31. The molecule has 0 fully saturated rings. The van der Waals surface area contributed by atoms with E-state index < -0.39 is 26.7 Å². The molecular formula is C25H29N5O5S. The maximum absolute atomic E-state index is 13.6. The second-order valence-electron chi connectivity index (χ2n) is 8.04. The van der Waals surface area contributed by atoms with E-state index in [9.17, 15) is 18.0 Å². The van der Waals surface area contributed by atoms with Crippen LogP contribution in [0, 0.1) is 6.92 Å². The van der Waals surface area contributed by atoms with Gasteiger partial charge in [-0.25, -0.2) is 8.42 Å². The van der Waals surface area contributed by atoms with E-state index in [1.54, 1.807) is 80.6 Å². The summed E-state index contributed by atoms with van der Waals surface area (Å²) >= 11 is 0. The predicted molar refractivity (Wildman–Crippen MR) is 139 cm³/mol. The highest BCUT2D eigenvalue weighted by atomic mass is 32.2. The zero-order valence-corrected chi connectivity index (χ0v) is 20.9. The zero-order chi connectivity index (χ0) is 26.1. The van der Waals surface area contributed by atoms with Crippen LogP contribution in [0.1, 0.15) is 29.0 Å². The number of amidine groups is 1. The van der Waals surface area contributed by atoms with Gasteiger partial charge in [0.25, 0.3) is 5.56 Å². The number of nitrogens with one attached hydrogen (secondary N) is 2. The van der Waals surface area contributed by atoms with Crippen LogP contribution in [0.25, 0.3) is 0 Å². The Labute approximate surface area is 209 Å². The SMILES string of the molecule is C/C(N)=N/OCCNC(=O)Cn1c(C)ccc(NS(=O)(=O)C(c2ccccc2)c2ccccc2)c1=O. The van der Waals surface area contributed by atoms with Crippen molar-refractivity contribution in [1.29, 1.82) is 0 Å². The van der Waals surface area contributed by atoms with E-state index in [4.69, 9.17) is 10.6 Å². The molecule has 2 aromatic carbocycles. The van der Waals surface area contributed by atoms with E-state index in [2.05, 4.69) is 15.2 Å². The third-order valence-electron chi connectivity index (χ3n) is 5.19. The van der Waals surface area contributed by atoms with Gasteiger partial charge in [-0.05, 0) is 37.1 Å². The van der Waals surface area contributed by atoms with Crippen molar-refractivity contribution >= 4 is 27.5 Å². The van der Waals surface area contributed by atoms with Gasteiger partial charge in [-0.3, -0.25) is 14.3 Å². The molecule has 10 nitrogen and oxygen atoms in total. The Kier molecular flexibility index (Phi) is 8.85. The number of hydrogen-bond donors (Lipinski definition) is 3. The van der Waals surface area contributed by atoms with E-state index in [1.807, 2.05) is 0 Å². The van der Waals surface area contributed by atoms with Crippen LogP contribution in [-0.2, 0) is 26.2 Å². The average Bonchev–Trinajstić information content (AvgIpc) is 2.84. The van der Waals surface area contributed by atoms with E-state index in [0.717, 1.165) is 0 Å². The van der Waals surface area contributed by atoms with Gasteiger partial charge in [0.05, 0.1) is 6.54 Å². The molecule has 0 radical (unpaired) electrons. The van der Waals surface area contributed by atoms with Crippen LogP contribution in [0.15, 0.2) is 82.7 Å². The first kappa shape index (κ1) is 26.5. The number of hydrogen-bond acceptors (Lipinski definition) is 6. The maximum atomic E-state index is 13.6. The first-order chi connectivity index (χ1) is 17.2. The molecule has 0 aliphatic rings. The molecule has 36 heavy (non-hydrogen) atoms. The Balaban J connectivity index is 1.83. The summed E-state index contributed by atoms with van der Waals surface area (Å²) in [5.74, 6) is -0.187. The number of aromatic nitrogens is 1. The molecule has 0 aliphatic heterocycles. The van der Waals surface area contributed by atoms with Crippen molar-refractivity contribution in [2.75, 3.05) is 17.9 Å². The standard InChI is InChI=1S/C25H29N5O5S/c1-18-13-14-22(25(32)30(18)17-23(31)27-15-16-35-28-19(2)26)29-36(33,34)24(20-9-5-3-6-10-20)21-11-7-4-8-12-21/h3-14,24,29H,15-17H2,1-2H3,(H2,26,28)(H,27,31). The van der Waals surface area contributed by atoms with Gasteiger partial charge in [-0.1, -0.05) is 65.8 Å². The van der Waals surface area contributed by atoms with Gasteiger partial charge in [0, 0.05) is 5.69 Å². The van der Waals surface area contributed by atoms with Crippen molar-refractivity contribution in [3.05, 3.63) is 100.0 Å². The number of oxime groups is 1.